The monoisotopic (exact) mass is 619 g/mol. The van der Waals surface area contributed by atoms with Crippen LogP contribution in [0.2, 0.25) is 0 Å². The Balaban J connectivity index is 0.0000168. The van der Waals surface area contributed by atoms with Crippen LogP contribution in [0.1, 0.15) is 129 Å². The standard InChI is InChI=1S/C32H61N3O6.ClH/c1-4-5-6-7-8-9-10-11-12-13-14-15-16-17-18-19-22-33-31(37)40-27-30(39-3)28-41-32(38)35(29(2)36)26-25-34-23-20-21-24-34;/h30H,4-28H2,1-3H3,(H,33,37);1H. The molecule has 0 saturated carbocycles. The SMILES string of the molecule is CCCCCCCCCCCCCCCCCCNC(=O)OCC(COC(=O)N(CCN1CCCC1)C(C)=O)OC.Cl. The van der Waals surface area contributed by atoms with Gasteiger partial charge in [0.05, 0.1) is 0 Å². The van der Waals surface area contributed by atoms with Crippen LogP contribution >= 0.6 is 12.4 Å². The molecule has 1 atom stereocenters. The van der Waals surface area contributed by atoms with Gasteiger partial charge in [-0.2, -0.15) is 0 Å². The van der Waals surface area contributed by atoms with E-state index in [4.69, 9.17) is 14.2 Å². The lowest BCUT2D eigenvalue weighted by molar-refractivity contribution is -0.127. The summed E-state index contributed by atoms with van der Waals surface area (Å²) in [6, 6.07) is 0. The van der Waals surface area contributed by atoms with Gasteiger partial charge < -0.3 is 24.4 Å². The number of amides is 3. The van der Waals surface area contributed by atoms with E-state index < -0.39 is 18.3 Å². The average Bonchev–Trinajstić information content (AvgIpc) is 3.48. The molecule has 0 aromatic rings. The van der Waals surface area contributed by atoms with E-state index in [-0.39, 0.29) is 31.5 Å². The number of methoxy groups -OCH3 is 1. The van der Waals surface area contributed by atoms with Crippen LogP contribution < -0.4 is 5.32 Å². The first-order chi connectivity index (χ1) is 20.0. The number of ether oxygens (including phenoxy) is 3. The minimum Gasteiger partial charge on any atom is -0.447 e. The molecule has 1 aliphatic rings. The highest BCUT2D eigenvalue weighted by Gasteiger charge is 2.23. The van der Waals surface area contributed by atoms with Crippen molar-refractivity contribution in [2.45, 2.75) is 136 Å². The molecule has 42 heavy (non-hydrogen) atoms. The van der Waals surface area contributed by atoms with Gasteiger partial charge in [-0.1, -0.05) is 103 Å². The van der Waals surface area contributed by atoms with Gasteiger partial charge in [0.15, 0.2) is 0 Å². The molecular weight excluding hydrogens is 558 g/mol. The van der Waals surface area contributed by atoms with E-state index in [1.165, 1.54) is 104 Å². The predicted molar refractivity (Wildman–Crippen MR) is 171 cm³/mol. The summed E-state index contributed by atoms with van der Waals surface area (Å²) < 4.78 is 15.8. The van der Waals surface area contributed by atoms with Gasteiger partial charge >= 0.3 is 12.2 Å². The van der Waals surface area contributed by atoms with Crippen molar-refractivity contribution in [1.29, 1.82) is 0 Å². The lowest BCUT2D eigenvalue weighted by Crippen LogP contribution is -2.42. The molecule has 0 spiro atoms. The van der Waals surface area contributed by atoms with Gasteiger partial charge in [0, 0.05) is 33.7 Å². The molecule has 1 unspecified atom stereocenters. The minimum absolute atomic E-state index is 0. The molecule has 0 aromatic carbocycles. The van der Waals surface area contributed by atoms with Crippen molar-refractivity contribution >= 4 is 30.5 Å². The van der Waals surface area contributed by atoms with Crippen molar-refractivity contribution in [2.75, 3.05) is 53.0 Å². The molecule has 0 aromatic heterocycles. The van der Waals surface area contributed by atoms with E-state index in [0.29, 0.717) is 19.6 Å². The summed E-state index contributed by atoms with van der Waals surface area (Å²) in [5.74, 6) is -0.354. The molecule has 1 rings (SSSR count). The van der Waals surface area contributed by atoms with Crippen molar-refractivity contribution in [2.24, 2.45) is 0 Å². The third kappa shape index (κ3) is 22.0. The molecule has 1 aliphatic heterocycles. The number of hydrogen-bond donors (Lipinski definition) is 1. The van der Waals surface area contributed by atoms with Crippen molar-refractivity contribution < 1.29 is 28.6 Å². The van der Waals surface area contributed by atoms with Crippen LogP contribution in [0, 0.1) is 0 Å². The first kappa shape index (κ1) is 40.4. The van der Waals surface area contributed by atoms with Gasteiger partial charge in [-0.15, -0.1) is 12.4 Å². The molecule has 0 bridgehead atoms. The predicted octanol–water partition coefficient (Wildman–Crippen LogP) is 7.49. The Hall–Kier alpha value is -1.58. The van der Waals surface area contributed by atoms with E-state index in [1.54, 1.807) is 0 Å². The zero-order valence-corrected chi connectivity index (χ0v) is 27.8. The van der Waals surface area contributed by atoms with Crippen LogP contribution in [-0.4, -0.2) is 87.0 Å². The highest BCUT2D eigenvalue weighted by Crippen LogP contribution is 2.14. The molecule has 3 amide bonds. The number of imide groups is 1. The Bertz CT molecular complexity index is 679. The maximum absolute atomic E-state index is 12.4. The van der Waals surface area contributed by atoms with E-state index in [2.05, 4.69) is 17.1 Å². The van der Waals surface area contributed by atoms with Gasteiger partial charge in [-0.25, -0.2) is 14.5 Å². The minimum atomic E-state index is -0.702. The number of rotatable bonds is 25. The second kappa shape index (κ2) is 28.2. The lowest BCUT2D eigenvalue weighted by atomic mass is 10.0. The third-order valence-electron chi connectivity index (χ3n) is 7.87. The molecule has 0 aliphatic carbocycles. The van der Waals surface area contributed by atoms with Crippen molar-refractivity contribution in [3.05, 3.63) is 0 Å². The molecule has 1 N–H and O–H groups in total. The number of alkyl carbamates (subject to hydrolysis) is 1. The van der Waals surface area contributed by atoms with Crippen molar-refractivity contribution in [3.63, 3.8) is 0 Å². The number of unbranched alkanes of at least 4 members (excludes halogenated alkanes) is 15. The fourth-order valence-electron chi connectivity index (χ4n) is 5.13. The molecule has 1 saturated heterocycles. The molecular formula is C32H62ClN3O6. The Kier molecular flexibility index (Phi) is 27.1. The van der Waals surface area contributed by atoms with E-state index in [0.717, 1.165) is 43.7 Å². The summed E-state index contributed by atoms with van der Waals surface area (Å²) in [6.45, 7) is 6.98. The molecule has 0 radical (unpaired) electrons. The largest absolute Gasteiger partial charge is 0.447 e. The first-order valence-electron chi connectivity index (χ1n) is 16.6. The number of carbonyl (C=O) groups is 3. The van der Waals surface area contributed by atoms with Crippen LogP contribution in [0.25, 0.3) is 0 Å². The maximum Gasteiger partial charge on any atom is 0.416 e. The Morgan fingerprint density at radius 1 is 0.762 bits per heavy atom. The summed E-state index contributed by atoms with van der Waals surface area (Å²) in [7, 11) is 1.46. The van der Waals surface area contributed by atoms with Crippen LogP contribution in [-0.2, 0) is 19.0 Å². The molecule has 9 nitrogen and oxygen atoms in total. The van der Waals surface area contributed by atoms with Gasteiger partial charge in [0.1, 0.15) is 19.3 Å². The number of nitrogens with zero attached hydrogens (tertiary/aromatic N) is 2. The summed E-state index contributed by atoms with van der Waals surface area (Å²) in [6.07, 6.45) is 21.5. The highest BCUT2D eigenvalue weighted by molar-refractivity contribution is 5.90. The smallest absolute Gasteiger partial charge is 0.416 e. The maximum atomic E-state index is 12.4. The summed E-state index contributed by atoms with van der Waals surface area (Å²) in [4.78, 5) is 39.7. The fourth-order valence-corrected chi connectivity index (χ4v) is 5.13. The number of nitrogens with one attached hydrogen (secondary N) is 1. The second-order valence-electron chi connectivity index (χ2n) is 11.5. The molecule has 248 valence electrons. The first-order valence-corrected chi connectivity index (χ1v) is 16.6. The topological polar surface area (TPSA) is 97.4 Å². The molecule has 1 heterocycles. The van der Waals surface area contributed by atoms with Gasteiger partial charge in [-0.05, 0) is 32.4 Å². The number of likely N-dealkylation sites (tertiary alicyclic amines) is 1. The van der Waals surface area contributed by atoms with Gasteiger partial charge in [0.2, 0.25) is 5.91 Å². The van der Waals surface area contributed by atoms with E-state index >= 15 is 0 Å². The Morgan fingerprint density at radius 2 is 1.24 bits per heavy atom. The third-order valence-corrected chi connectivity index (χ3v) is 7.87. The highest BCUT2D eigenvalue weighted by atomic mass is 35.5. The van der Waals surface area contributed by atoms with Crippen LogP contribution in [0.5, 0.6) is 0 Å². The van der Waals surface area contributed by atoms with Crippen LogP contribution in [0.3, 0.4) is 0 Å². The van der Waals surface area contributed by atoms with E-state index in [1.807, 2.05) is 0 Å². The number of hydrogen-bond acceptors (Lipinski definition) is 7. The van der Waals surface area contributed by atoms with E-state index in [9.17, 15) is 14.4 Å². The van der Waals surface area contributed by atoms with Crippen LogP contribution in [0.15, 0.2) is 0 Å². The number of halogens is 1. The lowest BCUT2D eigenvalue weighted by Gasteiger charge is -2.23. The summed E-state index contributed by atoms with van der Waals surface area (Å²) in [5.41, 5.74) is 0. The van der Waals surface area contributed by atoms with Crippen molar-refractivity contribution in [1.82, 2.24) is 15.1 Å². The Labute approximate surface area is 262 Å². The Morgan fingerprint density at radius 3 is 1.71 bits per heavy atom. The zero-order valence-electron chi connectivity index (χ0n) is 27.0. The van der Waals surface area contributed by atoms with Gasteiger partial charge in [0.25, 0.3) is 0 Å². The van der Waals surface area contributed by atoms with Crippen LogP contribution in [0.4, 0.5) is 9.59 Å². The summed E-state index contributed by atoms with van der Waals surface area (Å²) in [5, 5.41) is 2.77. The van der Waals surface area contributed by atoms with Gasteiger partial charge in [-0.3, -0.25) is 4.79 Å². The zero-order chi connectivity index (χ0) is 30.0. The summed E-state index contributed by atoms with van der Waals surface area (Å²) >= 11 is 0. The second-order valence-corrected chi connectivity index (χ2v) is 11.5. The van der Waals surface area contributed by atoms with Crippen molar-refractivity contribution in [3.8, 4) is 0 Å². The molecule has 10 heteroatoms. The number of carbonyl (C=O) groups excluding carboxylic acids is 3. The average molecular weight is 620 g/mol. The quantitative estimate of drug-likeness (QED) is 0.106. The molecule has 1 fully saturated rings. The normalized spacial score (nSPS) is 13.8. The fraction of sp³-hybridized carbons (Fsp3) is 0.906.